The number of allylic oxidation sites excluding steroid dienone is 4. The summed E-state index contributed by atoms with van der Waals surface area (Å²) in [5.41, 5.74) is 0.935. The van der Waals surface area contributed by atoms with Crippen molar-refractivity contribution in [1.82, 2.24) is 0 Å². The summed E-state index contributed by atoms with van der Waals surface area (Å²) in [6.07, 6.45) is 11.9. The molecule has 4 rings (SSSR count). The Morgan fingerprint density at radius 2 is 1.97 bits per heavy atom. The molecule has 0 heterocycles. The van der Waals surface area contributed by atoms with Gasteiger partial charge in [0.05, 0.1) is 6.10 Å². The third-order valence-electron chi connectivity index (χ3n) is 8.50. The predicted octanol–water partition coefficient (Wildman–Crippen LogP) is 4.25. The molecule has 3 saturated carbocycles. The maximum atomic E-state index is 12.2. The smallest absolute Gasteiger partial charge is 0.178 e. The van der Waals surface area contributed by atoms with E-state index >= 15 is 0 Å². The Hall–Kier alpha value is -1.26. The minimum atomic E-state index is -0.400. The van der Waals surface area contributed by atoms with Crippen molar-refractivity contribution in [3.8, 4) is 0 Å². The monoisotopic (exact) mass is 402 g/mol. The Kier molecular flexibility index (Phi) is 6.55. The summed E-state index contributed by atoms with van der Waals surface area (Å²) >= 11 is 0. The van der Waals surface area contributed by atoms with Gasteiger partial charge in [-0.25, -0.2) is 0 Å². The van der Waals surface area contributed by atoms with E-state index in [-0.39, 0.29) is 34.2 Å². The molecule has 29 heavy (non-hydrogen) atoms. The zero-order chi connectivity index (χ0) is 21.4. The molecule has 0 spiro atoms. The number of Topliss-reactive ketones (excluding diaryl/α,β-unsaturated/α-hetero) is 1. The molecule has 0 aromatic carbocycles. The van der Waals surface area contributed by atoms with E-state index in [1.807, 2.05) is 6.08 Å². The number of unbranched alkanes of at least 4 members (excludes halogenated alkanes) is 1. The highest BCUT2D eigenvalue weighted by Gasteiger charge is 2.62. The predicted molar refractivity (Wildman–Crippen MR) is 114 cm³/mol. The van der Waals surface area contributed by atoms with Crippen LogP contribution in [0.5, 0.6) is 0 Å². The molecule has 4 aliphatic carbocycles. The maximum Gasteiger partial charge on any atom is 0.178 e. The second kappa shape index (κ2) is 8.47. The van der Waals surface area contributed by atoms with Gasteiger partial charge in [0, 0.05) is 23.9 Å². The normalized spacial score (nSPS) is 42.8. The molecule has 162 valence electrons. The van der Waals surface area contributed by atoms with Crippen molar-refractivity contribution in [2.75, 3.05) is 6.61 Å². The molecule has 3 fully saturated rings. The van der Waals surface area contributed by atoms with Crippen molar-refractivity contribution < 1.29 is 19.8 Å². The highest BCUT2D eigenvalue weighted by molar-refractivity contribution is 6.01. The van der Waals surface area contributed by atoms with E-state index in [9.17, 15) is 14.7 Å². The highest BCUT2D eigenvalue weighted by Crippen LogP contribution is 2.65. The third-order valence-corrected chi connectivity index (χ3v) is 8.50. The topological polar surface area (TPSA) is 74.6 Å². The number of carbonyl (C=O) groups is 2. The molecule has 0 aliphatic heterocycles. The highest BCUT2D eigenvalue weighted by atomic mass is 16.3. The van der Waals surface area contributed by atoms with Gasteiger partial charge in [-0.3, -0.25) is 9.59 Å². The van der Waals surface area contributed by atoms with E-state index in [4.69, 9.17) is 5.11 Å². The molecule has 2 N–H and O–H groups in total. The molecular formula is C25H38O4. The molecule has 0 radical (unpaired) electrons. The number of fused-ring (bicyclic) bond motifs is 5. The number of aliphatic hydroxyl groups is 2. The van der Waals surface area contributed by atoms with Gasteiger partial charge < -0.3 is 10.2 Å². The first-order chi connectivity index (χ1) is 13.7. The minimum Gasteiger partial charge on any atom is -0.396 e. The average molecular weight is 403 g/mol. The Morgan fingerprint density at radius 3 is 2.55 bits per heavy atom. The van der Waals surface area contributed by atoms with Crippen LogP contribution in [0.2, 0.25) is 0 Å². The summed E-state index contributed by atoms with van der Waals surface area (Å²) in [5, 5.41) is 19.2. The molecule has 7 atom stereocenters. The zero-order valence-electron chi connectivity index (χ0n) is 18.5. The number of aliphatic hydroxyl groups excluding tert-OH is 2. The Morgan fingerprint density at radius 1 is 1.24 bits per heavy atom. The van der Waals surface area contributed by atoms with Crippen molar-refractivity contribution >= 4 is 11.6 Å². The van der Waals surface area contributed by atoms with Gasteiger partial charge >= 0.3 is 0 Å². The fourth-order valence-electron chi connectivity index (χ4n) is 7.15. The lowest BCUT2D eigenvalue weighted by atomic mass is 9.46. The summed E-state index contributed by atoms with van der Waals surface area (Å²) in [6, 6.07) is 0. The van der Waals surface area contributed by atoms with Crippen LogP contribution < -0.4 is 0 Å². The molecule has 6 unspecified atom stereocenters. The fraction of sp³-hybridized carbons (Fsp3) is 0.760. The van der Waals surface area contributed by atoms with E-state index in [2.05, 4.69) is 20.8 Å². The van der Waals surface area contributed by atoms with Crippen LogP contribution in [-0.2, 0) is 9.59 Å². The van der Waals surface area contributed by atoms with Crippen molar-refractivity contribution in [3.05, 3.63) is 23.8 Å². The second-order valence-electron chi connectivity index (χ2n) is 10.1. The maximum absolute atomic E-state index is 12.2. The first-order valence-electron chi connectivity index (χ1n) is 11.4. The van der Waals surface area contributed by atoms with Gasteiger partial charge in [-0.05, 0) is 74.9 Å². The summed E-state index contributed by atoms with van der Waals surface area (Å²) in [4.78, 5) is 24.0. The van der Waals surface area contributed by atoms with Gasteiger partial charge in [0.2, 0.25) is 0 Å². The number of hydrogen-bond donors (Lipinski definition) is 2. The van der Waals surface area contributed by atoms with Gasteiger partial charge in [0.15, 0.2) is 5.78 Å². The molecule has 4 nitrogen and oxygen atoms in total. The standard InChI is InChI=1S/C21H28O3.C4H10O/c1-12(22)16-6-7-17-15-5-4-13-10-14(23)8-9-20(13,2)19(15)18(24)11-21(16,17)3;1-2-3-4-5/h8-10,15-19,24H,4-7,11H2,1-3H3;5H,2-4H2,1H3/t15?,16?,17?,18?,19?,20-,21?;/m0./s1. The zero-order valence-corrected chi connectivity index (χ0v) is 18.5. The van der Waals surface area contributed by atoms with Crippen LogP contribution in [0.4, 0.5) is 0 Å². The first kappa shape index (κ1) is 22.4. The van der Waals surface area contributed by atoms with Gasteiger partial charge in [0.25, 0.3) is 0 Å². The van der Waals surface area contributed by atoms with Gasteiger partial charge in [-0.15, -0.1) is 0 Å². The van der Waals surface area contributed by atoms with Crippen LogP contribution in [0, 0.1) is 34.5 Å². The van der Waals surface area contributed by atoms with E-state index in [0.717, 1.165) is 38.5 Å². The quantitative estimate of drug-likeness (QED) is 0.740. The number of rotatable bonds is 3. The van der Waals surface area contributed by atoms with Crippen molar-refractivity contribution in [2.45, 2.75) is 78.7 Å². The van der Waals surface area contributed by atoms with Crippen LogP contribution in [0.15, 0.2) is 23.8 Å². The van der Waals surface area contributed by atoms with Crippen molar-refractivity contribution in [2.24, 2.45) is 34.5 Å². The van der Waals surface area contributed by atoms with Gasteiger partial charge in [0.1, 0.15) is 5.78 Å². The summed E-state index contributed by atoms with van der Waals surface area (Å²) < 4.78 is 0. The van der Waals surface area contributed by atoms with E-state index in [1.54, 1.807) is 19.1 Å². The SMILES string of the molecule is CC(=O)C1CCC2C3CCC4=CC(=O)C=C[C@]4(C)C3C(O)CC12C.CCCCO. The summed E-state index contributed by atoms with van der Waals surface area (Å²) in [6.45, 7) is 8.55. The van der Waals surface area contributed by atoms with Crippen LogP contribution in [0.1, 0.15) is 72.6 Å². The molecule has 0 amide bonds. The van der Waals surface area contributed by atoms with E-state index in [0.29, 0.717) is 24.9 Å². The summed E-state index contributed by atoms with van der Waals surface area (Å²) in [7, 11) is 0. The minimum absolute atomic E-state index is 0.0573. The van der Waals surface area contributed by atoms with Crippen LogP contribution in [0.3, 0.4) is 0 Å². The molecule has 0 aromatic heterocycles. The lowest BCUT2D eigenvalue weighted by molar-refractivity contribution is -0.137. The van der Waals surface area contributed by atoms with Gasteiger partial charge in [-0.2, -0.15) is 0 Å². The molecule has 4 aliphatic rings. The van der Waals surface area contributed by atoms with Crippen molar-refractivity contribution in [3.63, 3.8) is 0 Å². The largest absolute Gasteiger partial charge is 0.396 e. The van der Waals surface area contributed by atoms with Crippen LogP contribution in [-0.4, -0.2) is 34.5 Å². The van der Waals surface area contributed by atoms with Crippen LogP contribution in [0.25, 0.3) is 0 Å². The van der Waals surface area contributed by atoms with Crippen molar-refractivity contribution in [1.29, 1.82) is 0 Å². The number of hydrogen-bond acceptors (Lipinski definition) is 4. The Balaban J connectivity index is 0.000000431. The van der Waals surface area contributed by atoms with E-state index < -0.39 is 6.10 Å². The molecule has 0 saturated heterocycles. The van der Waals surface area contributed by atoms with Crippen LogP contribution >= 0.6 is 0 Å². The number of carbonyl (C=O) groups excluding carboxylic acids is 2. The molecular weight excluding hydrogens is 364 g/mol. The Labute approximate surface area is 175 Å². The average Bonchev–Trinajstić information content (AvgIpc) is 3.00. The number of ketones is 2. The first-order valence-corrected chi connectivity index (χ1v) is 11.4. The van der Waals surface area contributed by atoms with Gasteiger partial charge in [-0.1, -0.05) is 38.8 Å². The summed E-state index contributed by atoms with van der Waals surface area (Å²) in [5.74, 6) is 1.61. The third kappa shape index (κ3) is 3.79. The van der Waals surface area contributed by atoms with E-state index in [1.165, 1.54) is 5.57 Å². The molecule has 4 heteroatoms. The molecule has 0 bridgehead atoms. The fourth-order valence-corrected chi connectivity index (χ4v) is 7.15. The lowest BCUT2D eigenvalue weighted by Gasteiger charge is -2.58. The lowest BCUT2D eigenvalue weighted by Crippen LogP contribution is -2.56. The Bertz CT molecular complexity index is 706. The molecule has 0 aromatic rings. The second-order valence-corrected chi connectivity index (χ2v) is 10.1.